The van der Waals surface area contributed by atoms with E-state index < -0.39 is 0 Å². The molecular formula is C22H16BrN3O4S. The number of carbonyl (C=O) groups excluding carboxylic acids is 1. The number of hydrogen-bond donors (Lipinski definition) is 1. The molecule has 7 nitrogen and oxygen atoms in total. The second-order valence-electron chi connectivity index (χ2n) is 6.66. The van der Waals surface area contributed by atoms with Crippen molar-refractivity contribution in [2.45, 2.75) is 5.03 Å². The zero-order valence-electron chi connectivity index (χ0n) is 16.1. The summed E-state index contributed by atoms with van der Waals surface area (Å²) in [6.45, 7) is 0.991. The van der Waals surface area contributed by atoms with Gasteiger partial charge in [-0.25, -0.2) is 9.97 Å². The van der Waals surface area contributed by atoms with Gasteiger partial charge in [0.15, 0.2) is 23.1 Å². The Balaban J connectivity index is 1.36. The summed E-state index contributed by atoms with van der Waals surface area (Å²) in [6, 6.07) is 14.9. The molecule has 0 fully saturated rings. The Kier molecular flexibility index (Phi) is 5.52. The molecule has 3 heterocycles. The van der Waals surface area contributed by atoms with Crippen LogP contribution >= 0.6 is 27.7 Å². The average Bonchev–Trinajstić information content (AvgIpc) is 3.33. The third-order valence-electron chi connectivity index (χ3n) is 4.56. The first-order chi connectivity index (χ1) is 15.2. The van der Waals surface area contributed by atoms with Crippen LogP contribution in [-0.2, 0) is 4.79 Å². The van der Waals surface area contributed by atoms with Crippen molar-refractivity contribution in [1.29, 1.82) is 0 Å². The molecule has 0 aliphatic carbocycles. The summed E-state index contributed by atoms with van der Waals surface area (Å²) < 4.78 is 17.3. The van der Waals surface area contributed by atoms with E-state index in [0.717, 1.165) is 15.4 Å². The van der Waals surface area contributed by atoms with Crippen molar-refractivity contribution < 1.29 is 18.7 Å². The molecule has 0 saturated heterocycles. The van der Waals surface area contributed by atoms with Crippen molar-refractivity contribution in [3.05, 3.63) is 59.3 Å². The topological polar surface area (TPSA) is 86.5 Å². The maximum Gasteiger partial charge on any atom is 0.234 e. The second kappa shape index (κ2) is 8.60. The van der Waals surface area contributed by atoms with Crippen molar-refractivity contribution in [3.8, 4) is 23.1 Å². The first-order valence-corrected chi connectivity index (χ1v) is 11.3. The molecule has 0 unspecified atom stereocenters. The highest BCUT2D eigenvalue weighted by Gasteiger charge is 2.17. The van der Waals surface area contributed by atoms with Crippen molar-refractivity contribution >= 4 is 50.2 Å². The van der Waals surface area contributed by atoms with Gasteiger partial charge in [-0.05, 0) is 34.1 Å². The van der Waals surface area contributed by atoms with Gasteiger partial charge in [0.25, 0.3) is 0 Å². The number of carbonyl (C=O) groups is 1. The minimum absolute atomic E-state index is 0.162. The molecule has 4 aromatic rings. The number of furan rings is 1. The normalized spacial score (nSPS) is 12.7. The summed E-state index contributed by atoms with van der Waals surface area (Å²) >= 11 is 4.82. The lowest BCUT2D eigenvalue weighted by atomic mass is 10.2. The number of rotatable bonds is 5. The average molecular weight is 498 g/mol. The fourth-order valence-electron chi connectivity index (χ4n) is 3.15. The van der Waals surface area contributed by atoms with Gasteiger partial charge in [-0.2, -0.15) is 0 Å². The van der Waals surface area contributed by atoms with E-state index in [-0.39, 0.29) is 11.7 Å². The molecule has 2 aromatic heterocycles. The summed E-state index contributed by atoms with van der Waals surface area (Å²) in [5.74, 6) is 2.35. The SMILES string of the molecule is O=C(CSc1nc(-c2ccco2)nc2ccccc12)Nc1cc2c(cc1Br)OCCO2. The van der Waals surface area contributed by atoms with E-state index in [0.29, 0.717) is 47.0 Å². The number of aromatic nitrogens is 2. The number of benzene rings is 2. The highest BCUT2D eigenvalue weighted by molar-refractivity contribution is 9.10. The van der Waals surface area contributed by atoms with E-state index in [1.807, 2.05) is 30.3 Å². The van der Waals surface area contributed by atoms with Crippen LogP contribution in [0.4, 0.5) is 5.69 Å². The fourth-order valence-corrected chi connectivity index (χ4v) is 4.39. The lowest BCUT2D eigenvalue weighted by Gasteiger charge is -2.20. The molecule has 1 aliphatic heterocycles. The lowest BCUT2D eigenvalue weighted by Crippen LogP contribution is -2.17. The quantitative estimate of drug-likeness (QED) is 0.301. The number of anilines is 1. The summed E-state index contributed by atoms with van der Waals surface area (Å²) in [5.41, 5.74) is 1.42. The molecule has 0 spiro atoms. The summed E-state index contributed by atoms with van der Waals surface area (Å²) in [6.07, 6.45) is 1.58. The van der Waals surface area contributed by atoms with Crippen molar-refractivity contribution in [3.63, 3.8) is 0 Å². The van der Waals surface area contributed by atoms with Crippen LogP contribution < -0.4 is 14.8 Å². The van der Waals surface area contributed by atoms with Crippen LogP contribution in [0.1, 0.15) is 0 Å². The van der Waals surface area contributed by atoms with Gasteiger partial charge in [0.05, 0.1) is 23.2 Å². The molecule has 0 atom stereocenters. The summed E-state index contributed by atoms with van der Waals surface area (Å²) in [5, 5.41) is 4.52. The Labute approximate surface area is 190 Å². The summed E-state index contributed by atoms with van der Waals surface area (Å²) in [4.78, 5) is 21.9. The van der Waals surface area contributed by atoms with E-state index >= 15 is 0 Å². The number of ether oxygens (including phenoxy) is 2. The Morgan fingerprint density at radius 1 is 1.06 bits per heavy atom. The molecule has 2 aromatic carbocycles. The van der Waals surface area contributed by atoms with Crippen LogP contribution in [0.3, 0.4) is 0 Å². The van der Waals surface area contributed by atoms with Crippen LogP contribution in [0.5, 0.6) is 11.5 Å². The maximum absolute atomic E-state index is 12.7. The number of hydrogen-bond acceptors (Lipinski definition) is 7. The van der Waals surface area contributed by atoms with Gasteiger partial charge >= 0.3 is 0 Å². The minimum atomic E-state index is -0.162. The van der Waals surface area contributed by atoms with Crippen LogP contribution in [0.25, 0.3) is 22.5 Å². The predicted molar refractivity (Wildman–Crippen MR) is 122 cm³/mol. The van der Waals surface area contributed by atoms with Gasteiger partial charge in [-0.1, -0.05) is 30.0 Å². The number of nitrogens with zero attached hydrogens (tertiary/aromatic N) is 2. The van der Waals surface area contributed by atoms with E-state index in [1.165, 1.54) is 11.8 Å². The zero-order valence-corrected chi connectivity index (χ0v) is 18.5. The largest absolute Gasteiger partial charge is 0.486 e. The number of fused-ring (bicyclic) bond motifs is 2. The van der Waals surface area contributed by atoms with Crippen LogP contribution in [0.15, 0.2) is 68.7 Å². The first-order valence-electron chi connectivity index (χ1n) is 9.50. The Hall–Kier alpha value is -3.04. The van der Waals surface area contributed by atoms with Crippen molar-refractivity contribution in [2.75, 3.05) is 24.3 Å². The van der Waals surface area contributed by atoms with E-state index in [1.54, 1.807) is 24.5 Å². The van der Waals surface area contributed by atoms with E-state index in [9.17, 15) is 4.79 Å². The Morgan fingerprint density at radius 3 is 2.68 bits per heavy atom. The van der Waals surface area contributed by atoms with Gasteiger partial charge in [0.1, 0.15) is 18.2 Å². The molecular weight excluding hydrogens is 482 g/mol. The third kappa shape index (κ3) is 4.24. The maximum atomic E-state index is 12.7. The molecule has 0 radical (unpaired) electrons. The Morgan fingerprint density at radius 2 is 1.87 bits per heavy atom. The smallest absolute Gasteiger partial charge is 0.234 e. The predicted octanol–water partition coefficient (Wildman–Crippen LogP) is 5.15. The molecule has 5 rings (SSSR count). The van der Waals surface area contributed by atoms with Crippen LogP contribution in [0, 0.1) is 0 Å². The highest BCUT2D eigenvalue weighted by Crippen LogP contribution is 2.38. The van der Waals surface area contributed by atoms with Gasteiger partial charge < -0.3 is 19.2 Å². The molecule has 1 amide bonds. The van der Waals surface area contributed by atoms with Crippen LogP contribution in [0.2, 0.25) is 0 Å². The standard InChI is InChI=1S/C22H16BrN3O4S/c23-14-10-18-19(30-9-8-29-18)11-16(14)24-20(27)12-31-22-13-4-1-2-5-15(13)25-21(26-22)17-6-3-7-28-17/h1-7,10-11H,8-9,12H2,(H,24,27). The first kappa shape index (κ1) is 19.9. The van der Waals surface area contributed by atoms with Gasteiger partial charge in [-0.3, -0.25) is 4.79 Å². The number of halogens is 1. The van der Waals surface area contributed by atoms with Gasteiger partial charge in [-0.15, -0.1) is 0 Å². The molecule has 1 N–H and O–H groups in total. The number of para-hydroxylation sites is 1. The lowest BCUT2D eigenvalue weighted by molar-refractivity contribution is -0.113. The molecule has 31 heavy (non-hydrogen) atoms. The molecule has 0 saturated carbocycles. The number of nitrogens with one attached hydrogen (secondary N) is 1. The second-order valence-corrected chi connectivity index (χ2v) is 8.48. The van der Waals surface area contributed by atoms with Gasteiger partial charge in [0.2, 0.25) is 5.91 Å². The monoisotopic (exact) mass is 497 g/mol. The molecule has 1 aliphatic rings. The molecule has 0 bridgehead atoms. The fraction of sp³-hybridized carbons (Fsp3) is 0.136. The number of thioether (sulfide) groups is 1. The summed E-state index contributed by atoms with van der Waals surface area (Å²) in [7, 11) is 0. The third-order valence-corrected chi connectivity index (χ3v) is 6.20. The number of amides is 1. The van der Waals surface area contributed by atoms with E-state index in [4.69, 9.17) is 13.9 Å². The van der Waals surface area contributed by atoms with Crippen LogP contribution in [-0.4, -0.2) is 34.8 Å². The molecule has 9 heteroatoms. The van der Waals surface area contributed by atoms with E-state index in [2.05, 4.69) is 31.2 Å². The highest BCUT2D eigenvalue weighted by atomic mass is 79.9. The van der Waals surface area contributed by atoms with Crippen molar-refractivity contribution in [2.24, 2.45) is 0 Å². The zero-order chi connectivity index (χ0) is 21.2. The minimum Gasteiger partial charge on any atom is -0.486 e. The van der Waals surface area contributed by atoms with Gasteiger partial charge in [0, 0.05) is 22.0 Å². The molecule has 156 valence electrons. The Bertz CT molecular complexity index is 1260. The van der Waals surface area contributed by atoms with Crippen molar-refractivity contribution in [1.82, 2.24) is 9.97 Å².